The lowest BCUT2D eigenvalue weighted by Crippen LogP contribution is -2.55. The minimum Gasteiger partial charge on any atom is -0.395 e. The Bertz CT molecular complexity index is 1170. The highest BCUT2D eigenvalue weighted by Gasteiger charge is 2.68. The van der Waals surface area contributed by atoms with Crippen molar-refractivity contribution in [3.63, 3.8) is 0 Å². The molecular weight excluding hydrogens is 489 g/mol. The van der Waals surface area contributed by atoms with Crippen molar-refractivity contribution >= 4 is 40.1 Å². The van der Waals surface area contributed by atoms with Crippen molar-refractivity contribution in [2.75, 3.05) is 11.5 Å². The molecule has 7 rings (SSSR count). The summed E-state index contributed by atoms with van der Waals surface area (Å²) < 4.78 is 1.04. The maximum absolute atomic E-state index is 13.8. The van der Waals surface area contributed by atoms with E-state index in [0.29, 0.717) is 5.69 Å². The molecule has 2 amide bonds. The molecule has 0 radical (unpaired) electrons. The first kappa shape index (κ1) is 18.3. The first-order valence-electron chi connectivity index (χ1n) is 10.0. The van der Waals surface area contributed by atoms with Crippen molar-refractivity contribution in [2.24, 2.45) is 11.8 Å². The number of nitrogens with zero attached hydrogens (tertiary/aromatic N) is 1. The summed E-state index contributed by atoms with van der Waals surface area (Å²) in [6, 6.07) is 23.4. The van der Waals surface area contributed by atoms with Crippen LogP contribution in [0.5, 0.6) is 0 Å². The van der Waals surface area contributed by atoms with Gasteiger partial charge in [0.2, 0.25) is 11.8 Å². The van der Waals surface area contributed by atoms with Crippen LogP contribution in [0.15, 0.2) is 72.8 Å². The van der Waals surface area contributed by atoms with E-state index in [-0.39, 0.29) is 24.3 Å². The van der Waals surface area contributed by atoms with Gasteiger partial charge in [0.05, 0.1) is 29.5 Å². The van der Waals surface area contributed by atoms with Crippen LogP contribution in [-0.4, -0.2) is 23.5 Å². The number of aliphatic hydroxyl groups excluding tert-OH is 1. The van der Waals surface area contributed by atoms with Gasteiger partial charge in [0.1, 0.15) is 0 Å². The summed E-state index contributed by atoms with van der Waals surface area (Å²) in [4.78, 5) is 28.9. The second kappa shape index (κ2) is 6.25. The van der Waals surface area contributed by atoms with Crippen LogP contribution in [0, 0.1) is 15.4 Å². The maximum Gasteiger partial charge on any atom is 0.239 e. The lowest BCUT2D eigenvalue weighted by atomic mass is 9.47. The van der Waals surface area contributed by atoms with Crippen LogP contribution in [0.3, 0.4) is 0 Å². The highest BCUT2D eigenvalue weighted by atomic mass is 127. The zero-order valence-electron chi connectivity index (χ0n) is 16.0. The van der Waals surface area contributed by atoms with E-state index in [9.17, 15) is 14.7 Å². The maximum atomic E-state index is 13.8. The standard InChI is InChI=1S/C25H18INO3/c26-14-9-11-15(12-10-14)27-23(29)21-20-16-5-1-3-7-18(16)25(13-28,22(21)24(27)30)19-8-4-2-6-17(19)20/h1-12,20-22,28H,13H2/t20?,21-,22+,25?/m1/s1. The SMILES string of the molecule is O=C1[C@@H]2C3c4ccccc4C(CO)(c4ccccc43)[C@@H]2C(=O)N1c1ccc(I)cc1. The molecule has 3 aromatic carbocycles. The van der Waals surface area contributed by atoms with Crippen LogP contribution in [0.25, 0.3) is 0 Å². The van der Waals surface area contributed by atoms with Crippen molar-refractivity contribution < 1.29 is 14.7 Å². The lowest BCUT2D eigenvalue weighted by molar-refractivity contribution is -0.124. The average Bonchev–Trinajstić information content (AvgIpc) is 3.05. The molecule has 2 atom stereocenters. The van der Waals surface area contributed by atoms with Crippen molar-refractivity contribution in [3.05, 3.63) is 98.6 Å². The van der Waals surface area contributed by atoms with E-state index in [1.54, 1.807) is 0 Å². The molecule has 3 aromatic rings. The molecule has 3 aliphatic carbocycles. The summed E-state index contributed by atoms with van der Waals surface area (Å²) in [7, 11) is 0. The number of rotatable bonds is 2. The number of carbonyl (C=O) groups excluding carboxylic acids is 2. The zero-order chi connectivity index (χ0) is 20.6. The Balaban J connectivity index is 1.63. The lowest BCUT2D eigenvalue weighted by Gasteiger charge is -2.53. The first-order chi connectivity index (χ1) is 14.6. The predicted octanol–water partition coefficient (Wildman–Crippen LogP) is 3.83. The Kier molecular flexibility index (Phi) is 3.81. The van der Waals surface area contributed by atoms with E-state index in [2.05, 4.69) is 22.6 Å². The van der Waals surface area contributed by atoms with Gasteiger partial charge < -0.3 is 5.11 Å². The van der Waals surface area contributed by atoms with Crippen molar-refractivity contribution in [3.8, 4) is 0 Å². The van der Waals surface area contributed by atoms with E-state index < -0.39 is 17.3 Å². The summed E-state index contributed by atoms with van der Waals surface area (Å²) in [5.74, 6) is -1.67. The number of anilines is 1. The number of halogens is 1. The molecule has 30 heavy (non-hydrogen) atoms. The average molecular weight is 507 g/mol. The fraction of sp³-hybridized carbons (Fsp3) is 0.200. The van der Waals surface area contributed by atoms with Gasteiger partial charge in [0.15, 0.2) is 0 Å². The van der Waals surface area contributed by atoms with Gasteiger partial charge in [-0.2, -0.15) is 0 Å². The van der Waals surface area contributed by atoms with E-state index in [0.717, 1.165) is 25.8 Å². The molecule has 4 nitrogen and oxygen atoms in total. The van der Waals surface area contributed by atoms with E-state index >= 15 is 0 Å². The molecule has 1 heterocycles. The minimum absolute atomic E-state index is 0.168. The molecule has 1 fully saturated rings. The predicted molar refractivity (Wildman–Crippen MR) is 121 cm³/mol. The van der Waals surface area contributed by atoms with Gasteiger partial charge >= 0.3 is 0 Å². The highest BCUT2D eigenvalue weighted by molar-refractivity contribution is 14.1. The number of hydrogen-bond donors (Lipinski definition) is 1. The second-order valence-electron chi connectivity index (χ2n) is 8.27. The second-order valence-corrected chi connectivity index (χ2v) is 9.52. The number of aliphatic hydroxyl groups is 1. The summed E-state index contributed by atoms with van der Waals surface area (Å²) in [5, 5.41) is 10.8. The van der Waals surface area contributed by atoms with E-state index in [4.69, 9.17) is 0 Å². The minimum atomic E-state index is -0.905. The summed E-state index contributed by atoms with van der Waals surface area (Å²) >= 11 is 2.21. The molecule has 4 aliphatic rings. The van der Waals surface area contributed by atoms with Crippen molar-refractivity contribution in [1.82, 2.24) is 0 Å². The molecule has 148 valence electrons. The van der Waals surface area contributed by atoms with Gasteiger partial charge in [-0.3, -0.25) is 9.59 Å². The van der Waals surface area contributed by atoms with Crippen LogP contribution < -0.4 is 4.90 Å². The molecule has 0 saturated carbocycles. The summed E-state index contributed by atoms with van der Waals surface area (Å²) in [6.45, 7) is -0.214. The summed E-state index contributed by atoms with van der Waals surface area (Å²) in [6.07, 6.45) is 0. The quantitative estimate of drug-likeness (QED) is 0.424. The van der Waals surface area contributed by atoms with Gasteiger partial charge in [-0.25, -0.2) is 4.90 Å². The molecule has 5 heteroatoms. The molecule has 0 aromatic heterocycles. The summed E-state index contributed by atoms with van der Waals surface area (Å²) in [5.41, 5.74) is 3.75. The molecule has 1 aliphatic heterocycles. The fourth-order valence-electron chi connectivity index (χ4n) is 6.04. The molecule has 2 bridgehead atoms. The van der Waals surface area contributed by atoms with E-state index in [1.807, 2.05) is 72.8 Å². The number of carbonyl (C=O) groups is 2. The largest absolute Gasteiger partial charge is 0.395 e. The van der Waals surface area contributed by atoms with Gasteiger partial charge in [0.25, 0.3) is 0 Å². The van der Waals surface area contributed by atoms with Crippen LogP contribution in [0.1, 0.15) is 28.2 Å². The molecule has 0 spiro atoms. The number of amides is 2. The van der Waals surface area contributed by atoms with Gasteiger partial charge in [0, 0.05) is 9.49 Å². The molecule has 1 saturated heterocycles. The first-order valence-corrected chi connectivity index (χ1v) is 11.1. The topological polar surface area (TPSA) is 57.6 Å². The van der Waals surface area contributed by atoms with Crippen LogP contribution in [0.4, 0.5) is 5.69 Å². The number of hydrogen-bond acceptors (Lipinski definition) is 3. The number of benzene rings is 3. The fourth-order valence-corrected chi connectivity index (χ4v) is 6.40. The Hall–Kier alpha value is -2.51. The highest BCUT2D eigenvalue weighted by Crippen LogP contribution is 2.64. The van der Waals surface area contributed by atoms with Gasteiger partial charge in [-0.1, -0.05) is 48.5 Å². The normalized spacial score (nSPS) is 28.3. The van der Waals surface area contributed by atoms with Crippen molar-refractivity contribution in [1.29, 1.82) is 0 Å². The van der Waals surface area contributed by atoms with Crippen LogP contribution in [-0.2, 0) is 15.0 Å². The molecular formula is C25H18INO3. The van der Waals surface area contributed by atoms with Crippen LogP contribution >= 0.6 is 22.6 Å². The van der Waals surface area contributed by atoms with Gasteiger partial charge in [-0.15, -0.1) is 0 Å². The number of imide groups is 1. The Morgan fingerprint density at radius 2 is 1.40 bits per heavy atom. The third-order valence-electron chi connectivity index (χ3n) is 7.13. The molecule has 1 N–H and O–H groups in total. The third kappa shape index (κ3) is 2.04. The van der Waals surface area contributed by atoms with Crippen molar-refractivity contribution in [2.45, 2.75) is 11.3 Å². The monoisotopic (exact) mass is 507 g/mol. The van der Waals surface area contributed by atoms with Crippen LogP contribution in [0.2, 0.25) is 0 Å². The third-order valence-corrected chi connectivity index (χ3v) is 7.85. The Labute approximate surface area is 187 Å². The molecule has 0 unspecified atom stereocenters. The van der Waals surface area contributed by atoms with E-state index in [1.165, 1.54) is 4.90 Å². The Morgan fingerprint density at radius 3 is 1.97 bits per heavy atom. The smallest absolute Gasteiger partial charge is 0.239 e. The van der Waals surface area contributed by atoms with Gasteiger partial charge in [-0.05, 0) is 69.1 Å². The zero-order valence-corrected chi connectivity index (χ0v) is 18.1. The Morgan fingerprint density at radius 1 is 0.833 bits per heavy atom.